The summed E-state index contributed by atoms with van der Waals surface area (Å²) in [7, 11) is 0. The van der Waals surface area contributed by atoms with Gasteiger partial charge in [-0.3, -0.25) is 0 Å². The molecule has 1 aliphatic heterocycles. The smallest absolute Gasteiger partial charge is 0.119 e. The first-order valence-corrected chi connectivity index (χ1v) is 8.33. The molecule has 3 aliphatic rings. The van der Waals surface area contributed by atoms with Crippen LogP contribution in [0.1, 0.15) is 50.0 Å². The Hall–Kier alpha value is -1.02. The monoisotopic (exact) mass is 271 g/mol. The number of rotatable bonds is 2. The van der Waals surface area contributed by atoms with E-state index >= 15 is 0 Å². The molecule has 0 radical (unpaired) electrons. The minimum atomic E-state index is 0.492. The average Bonchev–Trinajstić information content (AvgIpc) is 3.11. The summed E-state index contributed by atoms with van der Waals surface area (Å²) in [6.07, 6.45) is 8.37. The molecule has 2 bridgehead atoms. The van der Waals surface area contributed by atoms with Gasteiger partial charge in [0.25, 0.3) is 0 Å². The second kappa shape index (κ2) is 5.07. The molecule has 108 valence electrons. The number of piperidine rings is 1. The van der Waals surface area contributed by atoms with E-state index in [4.69, 9.17) is 0 Å². The van der Waals surface area contributed by atoms with Crippen molar-refractivity contribution in [3.05, 3.63) is 29.8 Å². The number of hydrogen-bond acceptors (Lipinski definition) is 2. The number of nitrogens with zero attached hydrogens (tertiary/aromatic N) is 1. The summed E-state index contributed by atoms with van der Waals surface area (Å²) < 4.78 is 0. The molecule has 2 aliphatic carbocycles. The van der Waals surface area contributed by atoms with Crippen LogP contribution in [0.4, 0.5) is 0 Å². The first-order chi connectivity index (χ1) is 9.81. The first-order valence-electron chi connectivity index (χ1n) is 8.33. The quantitative estimate of drug-likeness (QED) is 0.885. The van der Waals surface area contributed by atoms with Gasteiger partial charge in [-0.1, -0.05) is 24.6 Å². The molecule has 2 saturated carbocycles. The summed E-state index contributed by atoms with van der Waals surface area (Å²) in [4.78, 5) is 2.76. The highest BCUT2D eigenvalue weighted by atomic mass is 16.3. The van der Waals surface area contributed by atoms with E-state index in [1.165, 1.54) is 57.2 Å². The van der Waals surface area contributed by atoms with Crippen LogP contribution in [-0.2, 0) is 0 Å². The highest BCUT2D eigenvalue weighted by molar-refractivity contribution is 5.35. The average molecular weight is 271 g/mol. The third-order valence-corrected chi connectivity index (χ3v) is 6.08. The van der Waals surface area contributed by atoms with Crippen molar-refractivity contribution in [1.29, 1.82) is 0 Å². The van der Waals surface area contributed by atoms with Crippen LogP contribution in [0.3, 0.4) is 0 Å². The van der Waals surface area contributed by atoms with Gasteiger partial charge in [0, 0.05) is 6.04 Å². The van der Waals surface area contributed by atoms with Gasteiger partial charge in [0.05, 0.1) is 0 Å². The van der Waals surface area contributed by atoms with Crippen molar-refractivity contribution in [2.75, 3.05) is 13.1 Å². The summed E-state index contributed by atoms with van der Waals surface area (Å²) in [5.41, 5.74) is 1.17. The summed E-state index contributed by atoms with van der Waals surface area (Å²) in [5.74, 6) is 3.10. The van der Waals surface area contributed by atoms with Crippen molar-refractivity contribution in [2.45, 2.75) is 50.5 Å². The van der Waals surface area contributed by atoms with Gasteiger partial charge in [-0.25, -0.2) is 0 Å². The Morgan fingerprint density at radius 3 is 2.40 bits per heavy atom. The van der Waals surface area contributed by atoms with Crippen molar-refractivity contribution >= 4 is 0 Å². The molecule has 4 rings (SSSR count). The van der Waals surface area contributed by atoms with Gasteiger partial charge in [-0.05, 0) is 74.6 Å². The molecule has 1 aromatic rings. The maximum atomic E-state index is 10.0. The fourth-order valence-corrected chi connectivity index (χ4v) is 5.03. The summed E-state index contributed by atoms with van der Waals surface area (Å²) in [6, 6.07) is 8.80. The minimum absolute atomic E-state index is 0.492. The first kappa shape index (κ1) is 12.7. The van der Waals surface area contributed by atoms with Crippen LogP contribution in [0.2, 0.25) is 0 Å². The lowest BCUT2D eigenvalue weighted by molar-refractivity contribution is 0.110. The zero-order valence-electron chi connectivity index (χ0n) is 12.2. The fraction of sp³-hybridized carbons (Fsp3) is 0.667. The van der Waals surface area contributed by atoms with E-state index in [-0.39, 0.29) is 0 Å². The van der Waals surface area contributed by atoms with Crippen LogP contribution in [0, 0.1) is 11.8 Å². The van der Waals surface area contributed by atoms with Gasteiger partial charge in [0.1, 0.15) is 5.75 Å². The van der Waals surface area contributed by atoms with Crippen LogP contribution in [-0.4, -0.2) is 29.1 Å². The van der Waals surface area contributed by atoms with E-state index < -0.39 is 0 Å². The normalized spacial score (nSPS) is 34.7. The molecule has 3 fully saturated rings. The van der Waals surface area contributed by atoms with E-state index in [0.29, 0.717) is 11.7 Å². The van der Waals surface area contributed by atoms with E-state index in [0.717, 1.165) is 17.9 Å². The van der Waals surface area contributed by atoms with Gasteiger partial charge in [0.15, 0.2) is 0 Å². The Kier molecular flexibility index (Phi) is 3.22. The Balaban J connectivity index is 1.40. The predicted molar refractivity (Wildman–Crippen MR) is 80.9 cm³/mol. The Morgan fingerprint density at radius 1 is 0.950 bits per heavy atom. The molecular weight excluding hydrogens is 246 g/mol. The number of phenols is 1. The molecule has 20 heavy (non-hydrogen) atoms. The molecule has 0 amide bonds. The van der Waals surface area contributed by atoms with Crippen LogP contribution in [0.5, 0.6) is 5.75 Å². The van der Waals surface area contributed by atoms with Gasteiger partial charge >= 0.3 is 0 Å². The number of hydrogen-bond donors (Lipinski definition) is 1. The van der Waals surface area contributed by atoms with Crippen molar-refractivity contribution < 1.29 is 5.11 Å². The minimum Gasteiger partial charge on any atom is -0.508 e. The third kappa shape index (κ3) is 2.14. The van der Waals surface area contributed by atoms with Crippen molar-refractivity contribution in [3.8, 4) is 5.75 Å². The van der Waals surface area contributed by atoms with Crippen LogP contribution >= 0.6 is 0 Å². The molecule has 2 nitrogen and oxygen atoms in total. The number of fused-ring (bicyclic) bond motifs is 2. The molecular formula is C18H25NO. The maximum absolute atomic E-state index is 10.0. The lowest BCUT2D eigenvalue weighted by Crippen LogP contribution is -2.43. The highest BCUT2D eigenvalue weighted by Crippen LogP contribution is 2.47. The summed E-state index contributed by atoms with van der Waals surface area (Å²) in [5, 5.41) is 10.0. The predicted octanol–water partition coefficient (Wildman–Crippen LogP) is 3.76. The number of aromatic hydroxyl groups is 1. The van der Waals surface area contributed by atoms with E-state index in [1.54, 1.807) is 0 Å². The summed E-state index contributed by atoms with van der Waals surface area (Å²) in [6.45, 7) is 2.46. The lowest BCUT2D eigenvalue weighted by Gasteiger charge is -2.39. The van der Waals surface area contributed by atoms with Crippen LogP contribution in [0.25, 0.3) is 0 Å². The van der Waals surface area contributed by atoms with Gasteiger partial charge in [0.2, 0.25) is 0 Å². The Labute approximate surface area is 121 Å². The van der Waals surface area contributed by atoms with Crippen molar-refractivity contribution in [1.82, 2.24) is 4.90 Å². The zero-order valence-corrected chi connectivity index (χ0v) is 12.2. The largest absolute Gasteiger partial charge is 0.508 e. The number of likely N-dealkylation sites (tertiary alicyclic amines) is 1. The summed E-state index contributed by atoms with van der Waals surface area (Å²) >= 11 is 0. The number of para-hydroxylation sites is 1. The van der Waals surface area contributed by atoms with Crippen LogP contribution in [0.15, 0.2) is 24.3 Å². The molecule has 1 N–H and O–H groups in total. The Bertz CT molecular complexity index is 478. The zero-order chi connectivity index (χ0) is 13.5. The van der Waals surface area contributed by atoms with Crippen LogP contribution < -0.4 is 0 Å². The molecule has 1 heterocycles. The van der Waals surface area contributed by atoms with Gasteiger partial charge < -0.3 is 10.0 Å². The second-order valence-electron chi connectivity index (χ2n) is 7.11. The fourth-order valence-electron chi connectivity index (χ4n) is 5.03. The molecule has 3 atom stereocenters. The second-order valence-corrected chi connectivity index (χ2v) is 7.11. The van der Waals surface area contributed by atoms with Crippen molar-refractivity contribution in [3.63, 3.8) is 0 Å². The third-order valence-electron chi connectivity index (χ3n) is 6.08. The van der Waals surface area contributed by atoms with Crippen molar-refractivity contribution in [2.24, 2.45) is 11.8 Å². The lowest BCUT2D eigenvalue weighted by atomic mass is 9.86. The van der Waals surface area contributed by atoms with Gasteiger partial charge in [-0.15, -0.1) is 0 Å². The Morgan fingerprint density at radius 2 is 1.75 bits per heavy atom. The molecule has 2 heteroatoms. The molecule has 0 spiro atoms. The van der Waals surface area contributed by atoms with Gasteiger partial charge in [-0.2, -0.15) is 0 Å². The topological polar surface area (TPSA) is 23.5 Å². The molecule has 1 aromatic carbocycles. The van der Waals surface area contributed by atoms with E-state index in [9.17, 15) is 5.11 Å². The number of benzene rings is 1. The SMILES string of the molecule is Oc1ccccc1C1CCN(C2CC3CCC2C3)CC1. The molecule has 3 unspecified atom stereocenters. The maximum Gasteiger partial charge on any atom is 0.119 e. The van der Waals surface area contributed by atoms with E-state index in [1.807, 2.05) is 12.1 Å². The number of phenolic OH excluding ortho intramolecular Hbond substituents is 1. The standard InChI is InChI=1S/C18H25NO/c20-18-4-2-1-3-16(18)14-7-9-19(10-8-14)17-12-13-5-6-15(17)11-13/h1-4,13-15,17,20H,5-12H2. The highest BCUT2D eigenvalue weighted by Gasteiger charge is 2.42. The molecule has 0 aromatic heterocycles. The molecule has 1 saturated heterocycles. The van der Waals surface area contributed by atoms with E-state index in [2.05, 4.69) is 17.0 Å².